The minimum atomic E-state index is -0.266. The van der Waals surface area contributed by atoms with Crippen molar-refractivity contribution in [3.05, 3.63) is 39.1 Å². The van der Waals surface area contributed by atoms with E-state index in [9.17, 15) is 5.11 Å². The van der Waals surface area contributed by atoms with E-state index in [-0.39, 0.29) is 12.0 Å². The molecule has 0 bridgehead atoms. The van der Waals surface area contributed by atoms with Crippen LogP contribution in [0.25, 0.3) is 11.3 Å². The Labute approximate surface area is 113 Å². The molecule has 2 nitrogen and oxygen atoms in total. The quantitative estimate of drug-likeness (QED) is 0.934. The Hall–Kier alpha value is -0.710. The molecule has 0 unspecified atom stereocenters. The number of thiazole rings is 1. The van der Waals surface area contributed by atoms with Crippen molar-refractivity contribution in [2.45, 2.75) is 19.3 Å². The van der Waals surface area contributed by atoms with Crippen molar-refractivity contribution < 1.29 is 5.11 Å². The van der Waals surface area contributed by atoms with Crippen molar-refractivity contribution >= 4 is 27.3 Å². The molecule has 90 valence electrons. The van der Waals surface area contributed by atoms with E-state index in [1.54, 1.807) is 11.3 Å². The number of benzene rings is 1. The Morgan fingerprint density at radius 2 is 1.94 bits per heavy atom. The highest BCUT2D eigenvalue weighted by molar-refractivity contribution is 9.10. The van der Waals surface area contributed by atoms with E-state index >= 15 is 0 Å². The molecular formula is C13H14BrNOS. The number of halogens is 1. The summed E-state index contributed by atoms with van der Waals surface area (Å²) in [5, 5.41) is 12.3. The summed E-state index contributed by atoms with van der Waals surface area (Å²) < 4.78 is 1.06. The van der Waals surface area contributed by atoms with Crippen molar-refractivity contribution in [1.29, 1.82) is 0 Å². The van der Waals surface area contributed by atoms with Crippen molar-refractivity contribution in [2.24, 2.45) is 0 Å². The maximum absolute atomic E-state index is 9.32. The van der Waals surface area contributed by atoms with Crippen LogP contribution in [0.1, 0.15) is 18.9 Å². The Balaban J connectivity index is 2.33. The molecule has 0 saturated carbocycles. The lowest BCUT2D eigenvalue weighted by Crippen LogP contribution is -2.21. The van der Waals surface area contributed by atoms with Crippen molar-refractivity contribution in [2.75, 3.05) is 6.61 Å². The maximum atomic E-state index is 9.32. The molecule has 17 heavy (non-hydrogen) atoms. The zero-order chi connectivity index (χ0) is 12.5. The van der Waals surface area contributed by atoms with Gasteiger partial charge in [0, 0.05) is 20.8 Å². The molecule has 0 radical (unpaired) electrons. The summed E-state index contributed by atoms with van der Waals surface area (Å²) in [5.41, 5.74) is 1.81. The van der Waals surface area contributed by atoms with E-state index in [0.29, 0.717) is 0 Å². The highest BCUT2D eigenvalue weighted by Crippen LogP contribution is 2.30. The third-order valence-corrected chi connectivity index (χ3v) is 4.36. The number of aliphatic hydroxyl groups excluding tert-OH is 1. The van der Waals surface area contributed by atoms with Gasteiger partial charge in [-0.3, -0.25) is 0 Å². The largest absolute Gasteiger partial charge is 0.395 e. The van der Waals surface area contributed by atoms with E-state index in [4.69, 9.17) is 0 Å². The summed E-state index contributed by atoms with van der Waals surface area (Å²) >= 11 is 5.01. The third-order valence-electron chi connectivity index (χ3n) is 2.62. The van der Waals surface area contributed by atoms with E-state index in [1.807, 2.05) is 43.5 Å². The predicted molar refractivity (Wildman–Crippen MR) is 75.4 cm³/mol. The molecule has 2 rings (SSSR count). The van der Waals surface area contributed by atoms with Crippen molar-refractivity contribution in [3.8, 4) is 11.3 Å². The lowest BCUT2D eigenvalue weighted by Gasteiger charge is -2.17. The molecule has 0 spiro atoms. The number of nitrogens with zero attached hydrogens (tertiary/aromatic N) is 1. The zero-order valence-electron chi connectivity index (χ0n) is 9.77. The molecule has 0 aliphatic heterocycles. The highest BCUT2D eigenvalue weighted by atomic mass is 79.9. The lowest BCUT2D eigenvalue weighted by molar-refractivity contribution is 0.218. The van der Waals surface area contributed by atoms with Crippen LogP contribution in [-0.4, -0.2) is 16.7 Å². The summed E-state index contributed by atoms with van der Waals surface area (Å²) in [7, 11) is 0. The number of aromatic nitrogens is 1. The third kappa shape index (κ3) is 2.76. The first-order valence-electron chi connectivity index (χ1n) is 5.36. The second-order valence-electron chi connectivity index (χ2n) is 4.59. The fourth-order valence-corrected chi connectivity index (χ4v) is 2.62. The van der Waals surface area contributed by atoms with Gasteiger partial charge in [0.2, 0.25) is 0 Å². The van der Waals surface area contributed by atoms with E-state index in [0.717, 1.165) is 20.7 Å². The molecule has 2 aromatic rings. The average molecular weight is 312 g/mol. The fourth-order valence-electron chi connectivity index (χ4n) is 1.41. The highest BCUT2D eigenvalue weighted by Gasteiger charge is 2.23. The van der Waals surface area contributed by atoms with Gasteiger partial charge in [-0.2, -0.15) is 0 Å². The van der Waals surface area contributed by atoms with Gasteiger partial charge >= 0.3 is 0 Å². The Kier molecular flexibility index (Phi) is 3.66. The van der Waals surface area contributed by atoms with Crippen LogP contribution in [0.15, 0.2) is 34.1 Å². The van der Waals surface area contributed by atoms with Gasteiger partial charge in [0.15, 0.2) is 0 Å². The van der Waals surface area contributed by atoms with Crippen LogP contribution >= 0.6 is 27.3 Å². The topological polar surface area (TPSA) is 33.1 Å². The first kappa shape index (κ1) is 12.7. The van der Waals surface area contributed by atoms with Crippen LogP contribution in [0.3, 0.4) is 0 Å². The molecule has 1 aromatic carbocycles. The molecule has 0 fully saturated rings. The summed E-state index contributed by atoms with van der Waals surface area (Å²) in [4.78, 5) is 4.60. The van der Waals surface area contributed by atoms with Crippen LogP contribution in [0.2, 0.25) is 0 Å². The fraction of sp³-hybridized carbons (Fsp3) is 0.308. The van der Waals surface area contributed by atoms with Gasteiger partial charge in [-0.25, -0.2) is 4.98 Å². The van der Waals surface area contributed by atoms with E-state index in [2.05, 4.69) is 20.9 Å². The first-order chi connectivity index (χ1) is 8.03. The molecule has 0 aliphatic carbocycles. The van der Waals surface area contributed by atoms with Crippen LogP contribution in [0.5, 0.6) is 0 Å². The minimum Gasteiger partial charge on any atom is -0.395 e. The average Bonchev–Trinajstić information content (AvgIpc) is 2.80. The molecular weight excluding hydrogens is 298 g/mol. The van der Waals surface area contributed by atoms with Crippen molar-refractivity contribution in [3.63, 3.8) is 0 Å². The number of hydrogen-bond acceptors (Lipinski definition) is 3. The second kappa shape index (κ2) is 4.88. The number of aliphatic hydroxyl groups is 1. The second-order valence-corrected chi connectivity index (χ2v) is 6.36. The zero-order valence-corrected chi connectivity index (χ0v) is 12.2. The molecule has 1 heterocycles. The SMILES string of the molecule is CC(C)(CO)c1nc(-c2ccc(Br)cc2)cs1. The molecule has 1 aromatic heterocycles. The number of hydrogen-bond donors (Lipinski definition) is 1. The molecule has 0 aliphatic rings. The summed E-state index contributed by atoms with van der Waals surface area (Å²) in [6.07, 6.45) is 0. The summed E-state index contributed by atoms with van der Waals surface area (Å²) in [5.74, 6) is 0. The lowest BCUT2D eigenvalue weighted by atomic mass is 9.96. The van der Waals surface area contributed by atoms with Crippen molar-refractivity contribution in [1.82, 2.24) is 4.98 Å². The standard InChI is InChI=1S/C13H14BrNOS/c1-13(2,8-16)12-15-11(7-17-12)9-3-5-10(14)6-4-9/h3-7,16H,8H2,1-2H3. The molecule has 0 atom stereocenters. The van der Waals surface area contributed by atoms with Gasteiger partial charge in [-0.05, 0) is 12.1 Å². The monoisotopic (exact) mass is 311 g/mol. The smallest absolute Gasteiger partial charge is 0.101 e. The Bertz CT molecular complexity index is 504. The predicted octanol–water partition coefficient (Wildman–Crippen LogP) is 3.84. The van der Waals surface area contributed by atoms with Gasteiger partial charge in [0.1, 0.15) is 5.01 Å². The van der Waals surface area contributed by atoms with E-state index < -0.39 is 0 Å². The van der Waals surface area contributed by atoms with Crippen LogP contribution < -0.4 is 0 Å². The van der Waals surface area contributed by atoms with Gasteiger partial charge in [0.25, 0.3) is 0 Å². The van der Waals surface area contributed by atoms with Gasteiger partial charge in [-0.15, -0.1) is 11.3 Å². The Morgan fingerprint density at radius 3 is 2.53 bits per heavy atom. The minimum absolute atomic E-state index is 0.111. The molecule has 4 heteroatoms. The number of rotatable bonds is 3. The van der Waals surface area contributed by atoms with Crippen LogP contribution in [0, 0.1) is 0 Å². The normalized spacial score (nSPS) is 11.8. The van der Waals surface area contributed by atoms with Gasteiger partial charge in [-0.1, -0.05) is 41.9 Å². The summed E-state index contributed by atoms with van der Waals surface area (Å²) in [6, 6.07) is 8.08. The van der Waals surface area contributed by atoms with Crippen LogP contribution in [-0.2, 0) is 5.41 Å². The first-order valence-corrected chi connectivity index (χ1v) is 7.03. The summed E-state index contributed by atoms with van der Waals surface area (Å²) in [6.45, 7) is 4.11. The van der Waals surface area contributed by atoms with Gasteiger partial charge < -0.3 is 5.11 Å². The molecule has 1 N–H and O–H groups in total. The Morgan fingerprint density at radius 1 is 1.29 bits per heavy atom. The molecule has 0 amide bonds. The molecule has 0 saturated heterocycles. The van der Waals surface area contributed by atoms with Gasteiger partial charge in [0.05, 0.1) is 12.3 Å². The van der Waals surface area contributed by atoms with E-state index in [1.165, 1.54) is 0 Å². The van der Waals surface area contributed by atoms with Crippen LogP contribution in [0.4, 0.5) is 0 Å². The maximum Gasteiger partial charge on any atom is 0.101 e.